The summed E-state index contributed by atoms with van der Waals surface area (Å²) in [4.78, 5) is 2.29. The topological polar surface area (TPSA) is 77.0 Å². The highest BCUT2D eigenvalue weighted by atomic mass is 35.5. The molecule has 2 aromatic rings. The van der Waals surface area contributed by atoms with Crippen molar-refractivity contribution in [3.05, 3.63) is 52.5 Å². The van der Waals surface area contributed by atoms with E-state index in [0.717, 1.165) is 5.56 Å². The summed E-state index contributed by atoms with van der Waals surface area (Å²) in [6.45, 7) is 2.01. The standard InChI is InChI=1S/C15H13ClN2O4S/c1-10-2-4-12(5-3-10)23(19,20)18-17-8-11-6-14-15(7-13(11)16)22-9-21-14/h2-8,18H,9H2,1H3. The Labute approximate surface area is 138 Å². The van der Waals surface area contributed by atoms with Crippen LogP contribution in [-0.2, 0) is 10.0 Å². The third-order valence-corrected chi connectivity index (χ3v) is 4.77. The third-order valence-electron chi connectivity index (χ3n) is 3.20. The fourth-order valence-electron chi connectivity index (χ4n) is 1.97. The first kappa shape index (κ1) is 15.6. The second-order valence-electron chi connectivity index (χ2n) is 4.89. The Morgan fingerprint density at radius 1 is 1.17 bits per heavy atom. The molecule has 0 fully saturated rings. The van der Waals surface area contributed by atoms with E-state index in [0.29, 0.717) is 22.1 Å². The molecule has 23 heavy (non-hydrogen) atoms. The van der Waals surface area contributed by atoms with Crippen molar-refractivity contribution in [2.24, 2.45) is 5.10 Å². The van der Waals surface area contributed by atoms with E-state index >= 15 is 0 Å². The van der Waals surface area contributed by atoms with E-state index < -0.39 is 10.0 Å². The van der Waals surface area contributed by atoms with Gasteiger partial charge in [-0.15, -0.1) is 0 Å². The molecule has 0 spiro atoms. The number of hydrogen-bond donors (Lipinski definition) is 1. The molecule has 8 heteroatoms. The predicted molar refractivity (Wildman–Crippen MR) is 86.7 cm³/mol. The first-order chi connectivity index (χ1) is 11.0. The van der Waals surface area contributed by atoms with Crippen molar-refractivity contribution in [1.82, 2.24) is 4.83 Å². The molecule has 0 atom stereocenters. The van der Waals surface area contributed by atoms with Gasteiger partial charge in [-0.05, 0) is 25.1 Å². The summed E-state index contributed by atoms with van der Waals surface area (Å²) in [5.41, 5.74) is 1.49. The van der Waals surface area contributed by atoms with Crippen molar-refractivity contribution in [1.29, 1.82) is 0 Å². The quantitative estimate of drug-likeness (QED) is 0.678. The Balaban J connectivity index is 1.77. The summed E-state index contributed by atoms with van der Waals surface area (Å²) in [6.07, 6.45) is 1.32. The van der Waals surface area contributed by atoms with Gasteiger partial charge in [-0.25, -0.2) is 4.83 Å². The molecule has 1 aliphatic heterocycles. The van der Waals surface area contributed by atoms with Crippen LogP contribution < -0.4 is 14.3 Å². The lowest BCUT2D eigenvalue weighted by Crippen LogP contribution is -2.18. The number of aryl methyl sites for hydroxylation is 1. The average molecular weight is 353 g/mol. The molecule has 0 bridgehead atoms. The molecule has 0 saturated carbocycles. The van der Waals surface area contributed by atoms with Crippen molar-refractivity contribution < 1.29 is 17.9 Å². The molecular formula is C15H13ClN2O4S. The molecule has 3 rings (SSSR count). The molecule has 0 radical (unpaired) electrons. The Morgan fingerprint density at radius 3 is 2.52 bits per heavy atom. The van der Waals surface area contributed by atoms with Gasteiger partial charge in [0.2, 0.25) is 6.79 Å². The lowest BCUT2D eigenvalue weighted by molar-refractivity contribution is 0.174. The van der Waals surface area contributed by atoms with Crippen molar-refractivity contribution in [2.75, 3.05) is 6.79 Å². The molecule has 120 valence electrons. The van der Waals surface area contributed by atoms with Crippen LogP contribution in [0.1, 0.15) is 11.1 Å². The van der Waals surface area contributed by atoms with Gasteiger partial charge in [0.05, 0.1) is 16.1 Å². The Morgan fingerprint density at radius 2 is 1.83 bits per heavy atom. The number of halogens is 1. The maximum atomic E-state index is 12.1. The Hall–Kier alpha value is -2.25. The second kappa shape index (κ2) is 6.10. The number of nitrogens with zero attached hydrogens (tertiary/aromatic N) is 1. The minimum atomic E-state index is -3.72. The molecule has 0 amide bonds. The smallest absolute Gasteiger partial charge is 0.276 e. The number of hydrazone groups is 1. The maximum Gasteiger partial charge on any atom is 0.276 e. The zero-order chi connectivity index (χ0) is 16.4. The van der Waals surface area contributed by atoms with Crippen LogP contribution in [0.15, 0.2) is 46.4 Å². The minimum absolute atomic E-state index is 0.131. The predicted octanol–water partition coefficient (Wildman–Crippen LogP) is 2.69. The SMILES string of the molecule is Cc1ccc(S(=O)(=O)NN=Cc2cc3c(cc2Cl)OCO3)cc1. The zero-order valence-corrected chi connectivity index (χ0v) is 13.7. The molecular weight excluding hydrogens is 340 g/mol. The molecule has 1 heterocycles. The first-order valence-electron chi connectivity index (χ1n) is 6.66. The van der Waals surface area contributed by atoms with Crippen molar-refractivity contribution >= 4 is 27.8 Å². The molecule has 0 unspecified atom stereocenters. The van der Waals surface area contributed by atoms with Gasteiger partial charge >= 0.3 is 0 Å². The van der Waals surface area contributed by atoms with Gasteiger partial charge in [-0.1, -0.05) is 29.3 Å². The second-order valence-corrected chi connectivity index (χ2v) is 6.96. The zero-order valence-electron chi connectivity index (χ0n) is 12.1. The van der Waals surface area contributed by atoms with Crippen LogP contribution >= 0.6 is 11.6 Å². The summed E-state index contributed by atoms with van der Waals surface area (Å²) in [6, 6.07) is 9.69. The molecule has 1 N–H and O–H groups in total. The largest absolute Gasteiger partial charge is 0.454 e. The van der Waals surface area contributed by atoms with E-state index in [2.05, 4.69) is 9.93 Å². The lowest BCUT2D eigenvalue weighted by Gasteiger charge is -2.04. The summed E-state index contributed by atoms with van der Waals surface area (Å²) in [7, 11) is -3.72. The van der Waals surface area contributed by atoms with Gasteiger partial charge < -0.3 is 9.47 Å². The summed E-state index contributed by atoms with van der Waals surface area (Å²) in [5, 5.41) is 4.14. The van der Waals surface area contributed by atoms with Crippen LogP contribution in [0.5, 0.6) is 11.5 Å². The Kier molecular flexibility index (Phi) is 4.14. The van der Waals surface area contributed by atoms with E-state index in [-0.39, 0.29) is 11.7 Å². The van der Waals surface area contributed by atoms with Crippen LogP contribution in [0.3, 0.4) is 0 Å². The van der Waals surface area contributed by atoms with E-state index in [1.807, 2.05) is 6.92 Å². The van der Waals surface area contributed by atoms with Gasteiger partial charge in [0.1, 0.15) is 0 Å². The van der Waals surface area contributed by atoms with E-state index in [1.165, 1.54) is 18.3 Å². The third kappa shape index (κ3) is 3.40. The number of nitrogens with one attached hydrogen (secondary N) is 1. The summed E-state index contributed by atoms with van der Waals surface area (Å²) in [5.74, 6) is 1.09. The molecule has 2 aromatic carbocycles. The van der Waals surface area contributed by atoms with Crippen LogP contribution in [-0.4, -0.2) is 21.4 Å². The average Bonchev–Trinajstić information content (AvgIpc) is 2.95. The highest BCUT2D eigenvalue weighted by Crippen LogP contribution is 2.36. The van der Waals surface area contributed by atoms with Crippen LogP contribution in [0.2, 0.25) is 5.02 Å². The van der Waals surface area contributed by atoms with Crippen molar-refractivity contribution in [3.8, 4) is 11.5 Å². The van der Waals surface area contributed by atoms with E-state index in [4.69, 9.17) is 21.1 Å². The summed E-state index contributed by atoms with van der Waals surface area (Å²) < 4.78 is 34.6. The highest BCUT2D eigenvalue weighted by Gasteiger charge is 2.16. The first-order valence-corrected chi connectivity index (χ1v) is 8.52. The van der Waals surface area contributed by atoms with Gasteiger partial charge in [-0.2, -0.15) is 13.5 Å². The van der Waals surface area contributed by atoms with E-state index in [1.54, 1.807) is 24.3 Å². The fourth-order valence-corrected chi connectivity index (χ4v) is 2.96. The summed E-state index contributed by atoms with van der Waals surface area (Å²) >= 11 is 6.09. The van der Waals surface area contributed by atoms with Crippen molar-refractivity contribution in [2.45, 2.75) is 11.8 Å². The normalized spacial score (nSPS) is 13.5. The van der Waals surface area contributed by atoms with Crippen LogP contribution in [0, 0.1) is 6.92 Å². The maximum absolute atomic E-state index is 12.1. The van der Waals surface area contributed by atoms with Gasteiger partial charge in [0, 0.05) is 11.6 Å². The number of hydrogen-bond acceptors (Lipinski definition) is 5. The van der Waals surface area contributed by atoms with Gasteiger partial charge in [0.15, 0.2) is 11.5 Å². The number of fused-ring (bicyclic) bond motifs is 1. The molecule has 1 aliphatic rings. The molecule has 6 nitrogen and oxygen atoms in total. The lowest BCUT2D eigenvalue weighted by atomic mass is 10.2. The minimum Gasteiger partial charge on any atom is -0.454 e. The number of benzene rings is 2. The molecule has 0 aliphatic carbocycles. The molecule has 0 saturated heterocycles. The monoisotopic (exact) mass is 352 g/mol. The number of rotatable bonds is 4. The molecule has 0 aromatic heterocycles. The number of sulfonamides is 1. The Bertz CT molecular complexity index is 864. The number of ether oxygens (including phenoxy) is 2. The van der Waals surface area contributed by atoms with Gasteiger partial charge in [-0.3, -0.25) is 0 Å². The van der Waals surface area contributed by atoms with Crippen LogP contribution in [0.4, 0.5) is 0 Å². The van der Waals surface area contributed by atoms with Crippen LogP contribution in [0.25, 0.3) is 0 Å². The van der Waals surface area contributed by atoms with Crippen molar-refractivity contribution in [3.63, 3.8) is 0 Å². The van der Waals surface area contributed by atoms with E-state index in [9.17, 15) is 8.42 Å². The fraction of sp³-hybridized carbons (Fsp3) is 0.133. The van der Waals surface area contributed by atoms with Gasteiger partial charge in [0.25, 0.3) is 10.0 Å². The highest BCUT2D eigenvalue weighted by molar-refractivity contribution is 7.89.